The molecule has 1 aromatic carbocycles. The minimum absolute atomic E-state index is 0.112. The smallest absolute Gasteiger partial charge is 0.127 e. The van der Waals surface area contributed by atoms with Gasteiger partial charge < -0.3 is 10.5 Å². The van der Waals surface area contributed by atoms with E-state index in [4.69, 9.17) is 10.5 Å². The number of nitrogens with two attached hydrogens (primary N) is 1. The second kappa shape index (κ2) is 4.58. The second-order valence-corrected chi connectivity index (χ2v) is 6.44. The molecule has 2 N–H and O–H groups in total. The van der Waals surface area contributed by atoms with E-state index in [9.17, 15) is 4.39 Å². The molecule has 1 aromatic rings. The maximum atomic E-state index is 13.9. The van der Waals surface area contributed by atoms with Gasteiger partial charge in [0, 0.05) is 16.6 Å². The molecule has 3 rings (SSSR count). The first-order valence-electron chi connectivity index (χ1n) is 6.43. The summed E-state index contributed by atoms with van der Waals surface area (Å²) in [5, 5.41) is 0. The van der Waals surface area contributed by atoms with E-state index >= 15 is 0 Å². The number of halogens is 2. The third-order valence-corrected chi connectivity index (χ3v) is 4.51. The molecule has 4 heteroatoms. The minimum atomic E-state index is -0.393. The number of hydrogen-bond acceptors (Lipinski definition) is 2. The summed E-state index contributed by atoms with van der Waals surface area (Å²) in [6, 6.07) is 5.18. The third kappa shape index (κ3) is 2.33. The maximum Gasteiger partial charge on any atom is 0.127 e. The summed E-state index contributed by atoms with van der Waals surface area (Å²) in [6.45, 7) is 0.704. The van der Waals surface area contributed by atoms with Crippen molar-refractivity contribution in [3.05, 3.63) is 34.1 Å². The van der Waals surface area contributed by atoms with Gasteiger partial charge in [0.05, 0.1) is 6.10 Å². The summed E-state index contributed by atoms with van der Waals surface area (Å²) in [5.41, 5.74) is 6.78. The van der Waals surface area contributed by atoms with E-state index in [0.717, 1.165) is 10.9 Å². The van der Waals surface area contributed by atoms with Gasteiger partial charge in [-0.25, -0.2) is 4.39 Å². The summed E-state index contributed by atoms with van der Waals surface area (Å²) in [5.74, 6) is 0.409. The highest BCUT2D eigenvalue weighted by atomic mass is 79.9. The number of benzene rings is 1. The number of rotatable bonds is 3. The Morgan fingerprint density at radius 3 is 2.89 bits per heavy atom. The largest absolute Gasteiger partial charge is 0.376 e. The Bertz CT molecular complexity index is 463. The summed E-state index contributed by atoms with van der Waals surface area (Å²) in [6.07, 6.45) is 3.90. The Kier molecular flexibility index (Phi) is 3.20. The molecular formula is C14H17BrFNO. The zero-order valence-corrected chi connectivity index (χ0v) is 11.7. The van der Waals surface area contributed by atoms with Crippen molar-refractivity contribution in [2.45, 2.75) is 37.3 Å². The molecule has 2 aliphatic rings. The summed E-state index contributed by atoms with van der Waals surface area (Å²) < 4.78 is 20.4. The fourth-order valence-electron chi connectivity index (χ4n) is 2.90. The molecule has 1 aliphatic carbocycles. The lowest BCUT2D eigenvalue weighted by atomic mass is 9.83. The van der Waals surface area contributed by atoms with Gasteiger partial charge in [-0.15, -0.1) is 0 Å². The lowest BCUT2D eigenvalue weighted by Gasteiger charge is -2.30. The molecule has 0 spiro atoms. The summed E-state index contributed by atoms with van der Waals surface area (Å²) >= 11 is 3.27. The van der Waals surface area contributed by atoms with Crippen LogP contribution in [0, 0.1) is 11.7 Å². The first-order valence-corrected chi connectivity index (χ1v) is 7.22. The van der Waals surface area contributed by atoms with E-state index < -0.39 is 5.54 Å². The highest BCUT2D eigenvalue weighted by Crippen LogP contribution is 2.43. The SMILES string of the molecule is NC1(Cc2ccc(Br)cc2F)CCOC1C1CC1. The van der Waals surface area contributed by atoms with Gasteiger partial charge in [0.1, 0.15) is 5.82 Å². The van der Waals surface area contributed by atoms with E-state index in [1.54, 1.807) is 0 Å². The van der Waals surface area contributed by atoms with Crippen LogP contribution in [0.5, 0.6) is 0 Å². The molecule has 2 nitrogen and oxygen atoms in total. The molecule has 2 unspecified atom stereocenters. The minimum Gasteiger partial charge on any atom is -0.376 e. The topological polar surface area (TPSA) is 35.2 Å². The van der Waals surface area contributed by atoms with E-state index in [-0.39, 0.29) is 11.9 Å². The number of hydrogen-bond donors (Lipinski definition) is 1. The fraction of sp³-hybridized carbons (Fsp3) is 0.571. The normalized spacial score (nSPS) is 31.8. The van der Waals surface area contributed by atoms with Crippen LogP contribution in [0.15, 0.2) is 22.7 Å². The van der Waals surface area contributed by atoms with Crippen molar-refractivity contribution >= 4 is 15.9 Å². The van der Waals surface area contributed by atoms with Crippen LogP contribution in [-0.4, -0.2) is 18.2 Å². The van der Waals surface area contributed by atoms with Gasteiger partial charge in [-0.1, -0.05) is 22.0 Å². The monoisotopic (exact) mass is 313 g/mol. The molecular weight excluding hydrogens is 297 g/mol. The van der Waals surface area contributed by atoms with Gasteiger partial charge in [0.15, 0.2) is 0 Å². The van der Waals surface area contributed by atoms with Gasteiger partial charge in [-0.3, -0.25) is 0 Å². The average molecular weight is 314 g/mol. The quantitative estimate of drug-likeness (QED) is 0.931. The van der Waals surface area contributed by atoms with Crippen LogP contribution in [0.1, 0.15) is 24.8 Å². The Labute approximate surface area is 115 Å². The van der Waals surface area contributed by atoms with Gasteiger partial charge >= 0.3 is 0 Å². The van der Waals surface area contributed by atoms with Crippen LogP contribution in [0.25, 0.3) is 0 Å². The summed E-state index contributed by atoms with van der Waals surface area (Å²) in [7, 11) is 0. The van der Waals surface area contributed by atoms with Crippen LogP contribution in [-0.2, 0) is 11.2 Å². The van der Waals surface area contributed by atoms with E-state index in [1.807, 2.05) is 12.1 Å². The third-order valence-electron chi connectivity index (χ3n) is 4.02. The Morgan fingerprint density at radius 1 is 1.44 bits per heavy atom. The van der Waals surface area contributed by atoms with Crippen LogP contribution in [0.3, 0.4) is 0 Å². The zero-order chi connectivity index (χ0) is 12.8. The van der Waals surface area contributed by atoms with Gasteiger partial charge in [0.2, 0.25) is 0 Å². The Morgan fingerprint density at radius 2 is 2.22 bits per heavy atom. The van der Waals surface area contributed by atoms with Crippen molar-refractivity contribution in [3.63, 3.8) is 0 Å². The van der Waals surface area contributed by atoms with E-state index in [0.29, 0.717) is 24.5 Å². The molecule has 0 amide bonds. The Hall–Kier alpha value is -0.450. The highest BCUT2D eigenvalue weighted by Gasteiger charge is 2.48. The first-order chi connectivity index (χ1) is 8.58. The van der Waals surface area contributed by atoms with Crippen LogP contribution >= 0.6 is 15.9 Å². The predicted octanol–water partition coefficient (Wildman–Crippen LogP) is 3.03. The maximum absolute atomic E-state index is 13.9. The molecule has 0 bridgehead atoms. The van der Waals surface area contributed by atoms with Crippen LogP contribution in [0.2, 0.25) is 0 Å². The molecule has 1 saturated heterocycles. The molecule has 98 valence electrons. The zero-order valence-electron chi connectivity index (χ0n) is 10.2. The molecule has 1 aliphatic heterocycles. The lowest BCUT2D eigenvalue weighted by Crippen LogP contribution is -2.50. The van der Waals surface area contributed by atoms with E-state index in [2.05, 4.69) is 15.9 Å². The lowest BCUT2D eigenvalue weighted by molar-refractivity contribution is 0.0624. The number of ether oxygens (including phenoxy) is 1. The molecule has 2 fully saturated rings. The molecule has 0 radical (unpaired) electrons. The van der Waals surface area contributed by atoms with Crippen molar-refractivity contribution in [2.24, 2.45) is 11.7 Å². The molecule has 2 atom stereocenters. The second-order valence-electron chi connectivity index (χ2n) is 5.52. The van der Waals surface area contributed by atoms with Crippen molar-refractivity contribution in [1.82, 2.24) is 0 Å². The van der Waals surface area contributed by atoms with Crippen LogP contribution < -0.4 is 5.73 Å². The molecule has 1 saturated carbocycles. The highest BCUT2D eigenvalue weighted by molar-refractivity contribution is 9.10. The van der Waals surface area contributed by atoms with Crippen molar-refractivity contribution in [3.8, 4) is 0 Å². The predicted molar refractivity (Wildman–Crippen MR) is 71.8 cm³/mol. The van der Waals surface area contributed by atoms with Crippen molar-refractivity contribution in [2.75, 3.05) is 6.61 Å². The van der Waals surface area contributed by atoms with E-state index in [1.165, 1.54) is 18.9 Å². The van der Waals surface area contributed by atoms with Crippen LogP contribution in [0.4, 0.5) is 4.39 Å². The fourth-order valence-corrected chi connectivity index (χ4v) is 3.23. The molecule has 0 aromatic heterocycles. The molecule has 18 heavy (non-hydrogen) atoms. The standard InChI is InChI=1S/C14H17BrFNO/c15-11-4-3-10(12(16)7-11)8-14(17)5-6-18-13(14)9-1-2-9/h3-4,7,9,13H,1-2,5-6,8,17H2. The van der Waals surface area contributed by atoms with Gasteiger partial charge in [0.25, 0.3) is 0 Å². The average Bonchev–Trinajstić information content (AvgIpc) is 3.07. The van der Waals surface area contributed by atoms with Gasteiger partial charge in [-0.05, 0) is 49.3 Å². The first kappa shape index (κ1) is 12.6. The Balaban J connectivity index is 1.81. The summed E-state index contributed by atoms with van der Waals surface area (Å²) in [4.78, 5) is 0. The molecule has 1 heterocycles. The van der Waals surface area contributed by atoms with Gasteiger partial charge in [-0.2, -0.15) is 0 Å². The van der Waals surface area contributed by atoms with Crippen molar-refractivity contribution in [1.29, 1.82) is 0 Å². The van der Waals surface area contributed by atoms with Crippen molar-refractivity contribution < 1.29 is 9.13 Å².